The maximum absolute atomic E-state index is 11.7. The molecule has 4 nitrogen and oxygen atoms in total. The summed E-state index contributed by atoms with van der Waals surface area (Å²) in [6.45, 7) is -1.40. The van der Waals surface area contributed by atoms with E-state index < -0.39 is 18.9 Å². The zero-order chi connectivity index (χ0) is 12.0. The van der Waals surface area contributed by atoms with E-state index in [1.54, 1.807) is 12.4 Å². The first kappa shape index (κ1) is 13.0. The number of aromatic amines is 1. The minimum Gasteiger partial charge on any atom is -0.393 e. The van der Waals surface area contributed by atoms with Gasteiger partial charge in [-0.3, -0.25) is 0 Å². The number of rotatable bonds is 6. The molecule has 2 N–H and O–H groups in total. The van der Waals surface area contributed by atoms with Gasteiger partial charge < -0.3 is 14.8 Å². The maximum Gasteiger partial charge on any atom is 0.411 e. The molecule has 0 aliphatic heterocycles. The maximum atomic E-state index is 11.7. The lowest BCUT2D eigenvalue weighted by Crippen LogP contribution is -2.20. The highest BCUT2D eigenvalue weighted by Crippen LogP contribution is 2.14. The molecule has 0 radical (unpaired) electrons. The normalized spacial score (nSPS) is 14.0. The highest BCUT2D eigenvalue weighted by Gasteiger charge is 2.27. The number of ether oxygens (including phenoxy) is 1. The van der Waals surface area contributed by atoms with Crippen LogP contribution in [0.3, 0.4) is 0 Å². The Labute approximate surface area is 90.5 Å². The predicted octanol–water partition coefficient (Wildman–Crippen LogP) is 1.28. The Morgan fingerprint density at radius 1 is 1.50 bits per heavy atom. The van der Waals surface area contributed by atoms with Crippen LogP contribution in [0.5, 0.6) is 0 Å². The quantitative estimate of drug-likeness (QED) is 0.734. The van der Waals surface area contributed by atoms with E-state index in [0.717, 1.165) is 0 Å². The topological polar surface area (TPSA) is 58.1 Å². The molecular formula is C9H13F3N2O2. The van der Waals surface area contributed by atoms with Crippen molar-refractivity contribution in [2.45, 2.75) is 25.1 Å². The number of hydrogen-bond donors (Lipinski definition) is 2. The van der Waals surface area contributed by atoms with Crippen molar-refractivity contribution < 1.29 is 23.0 Å². The summed E-state index contributed by atoms with van der Waals surface area (Å²) in [6, 6.07) is 0. The van der Waals surface area contributed by atoms with E-state index in [1.165, 1.54) is 0 Å². The van der Waals surface area contributed by atoms with E-state index in [0.29, 0.717) is 5.82 Å². The van der Waals surface area contributed by atoms with Crippen LogP contribution in [0.1, 0.15) is 12.2 Å². The van der Waals surface area contributed by atoms with Crippen LogP contribution in [-0.4, -0.2) is 40.6 Å². The van der Waals surface area contributed by atoms with E-state index in [-0.39, 0.29) is 19.4 Å². The molecule has 0 bridgehead atoms. The van der Waals surface area contributed by atoms with Crippen LogP contribution in [0.2, 0.25) is 0 Å². The van der Waals surface area contributed by atoms with Gasteiger partial charge in [0.25, 0.3) is 0 Å². The van der Waals surface area contributed by atoms with Crippen LogP contribution in [0, 0.1) is 0 Å². The van der Waals surface area contributed by atoms with Crippen molar-refractivity contribution in [2.75, 3.05) is 13.2 Å². The van der Waals surface area contributed by atoms with Gasteiger partial charge in [0.2, 0.25) is 0 Å². The molecule has 0 amide bonds. The Balaban J connectivity index is 2.09. The molecule has 92 valence electrons. The molecule has 0 spiro atoms. The number of nitrogens with one attached hydrogen (secondary N) is 1. The molecule has 0 aromatic carbocycles. The molecule has 0 aliphatic carbocycles. The zero-order valence-corrected chi connectivity index (χ0v) is 8.50. The second kappa shape index (κ2) is 5.86. The van der Waals surface area contributed by atoms with E-state index in [1.807, 2.05) is 0 Å². The molecule has 7 heteroatoms. The summed E-state index contributed by atoms with van der Waals surface area (Å²) in [4.78, 5) is 6.68. The third-order valence-corrected chi connectivity index (χ3v) is 1.84. The van der Waals surface area contributed by atoms with Crippen molar-refractivity contribution in [1.82, 2.24) is 9.97 Å². The van der Waals surface area contributed by atoms with Crippen molar-refractivity contribution in [2.24, 2.45) is 0 Å². The summed E-state index contributed by atoms with van der Waals surface area (Å²) in [7, 11) is 0. The van der Waals surface area contributed by atoms with Gasteiger partial charge >= 0.3 is 6.18 Å². The summed E-state index contributed by atoms with van der Waals surface area (Å²) in [6.07, 6.45) is -1.48. The van der Waals surface area contributed by atoms with Crippen molar-refractivity contribution in [3.8, 4) is 0 Å². The number of alkyl halides is 3. The Kier molecular flexibility index (Phi) is 4.75. The molecule has 1 rings (SSSR count). The second-order valence-corrected chi connectivity index (χ2v) is 3.35. The van der Waals surface area contributed by atoms with Gasteiger partial charge in [-0.1, -0.05) is 0 Å². The molecule has 1 heterocycles. The number of aliphatic hydroxyl groups is 1. The number of nitrogens with zero attached hydrogens (tertiary/aromatic N) is 1. The van der Waals surface area contributed by atoms with E-state index >= 15 is 0 Å². The SMILES string of the molecule is OC(CCOCC(F)(F)F)Cc1ncc[nH]1. The van der Waals surface area contributed by atoms with E-state index in [2.05, 4.69) is 14.7 Å². The molecular weight excluding hydrogens is 225 g/mol. The first-order valence-electron chi connectivity index (χ1n) is 4.78. The van der Waals surface area contributed by atoms with Crippen molar-refractivity contribution >= 4 is 0 Å². The molecule has 0 fully saturated rings. The van der Waals surface area contributed by atoms with Crippen molar-refractivity contribution in [1.29, 1.82) is 0 Å². The van der Waals surface area contributed by atoms with E-state index in [9.17, 15) is 18.3 Å². The Morgan fingerprint density at radius 3 is 2.81 bits per heavy atom. The van der Waals surface area contributed by atoms with Gasteiger partial charge in [-0.2, -0.15) is 13.2 Å². The van der Waals surface area contributed by atoms with Gasteiger partial charge in [-0.05, 0) is 6.42 Å². The fraction of sp³-hybridized carbons (Fsp3) is 0.667. The van der Waals surface area contributed by atoms with Crippen LogP contribution < -0.4 is 0 Å². The number of halogens is 3. The summed E-state index contributed by atoms with van der Waals surface area (Å²) in [5.74, 6) is 0.600. The summed E-state index contributed by atoms with van der Waals surface area (Å²) in [5, 5.41) is 9.43. The van der Waals surface area contributed by atoms with Crippen LogP contribution in [0.15, 0.2) is 12.4 Å². The first-order valence-corrected chi connectivity index (χ1v) is 4.78. The van der Waals surface area contributed by atoms with Gasteiger partial charge in [0.05, 0.1) is 6.10 Å². The lowest BCUT2D eigenvalue weighted by molar-refractivity contribution is -0.175. The molecule has 1 atom stereocenters. The number of H-pyrrole nitrogens is 1. The number of hydrogen-bond acceptors (Lipinski definition) is 3. The first-order chi connectivity index (χ1) is 7.47. The fourth-order valence-corrected chi connectivity index (χ4v) is 1.14. The Bertz CT molecular complexity index is 287. The third-order valence-electron chi connectivity index (χ3n) is 1.84. The monoisotopic (exact) mass is 238 g/mol. The fourth-order valence-electron chi connectivity index (χ4n) is 1.14. The van der Waals surface area contributed by atoms with Gasteiger partial charge in [0.1, 0.15) is 12.4 Å². The predicted molar refractivity (Wildman–Crippen MR) is 49.8 cm³/mol. The molecule has 1 unspecified atom stereocenters. The van der Waals surface area contributed by atoms with Crippen molar-refractivity contribution in [3.63, 3.8) is 0 Å². The van der Waals surface area contributed by atoms with Crippen LogP contribution in [-0.2, 0) is 11.2 Å². The molecule has 1 aromatic rings. The number of aliphatic hydroxyl groups excluding tert-OH is 1. The zero-order valence-electron chi connectivity index (χ0n) is 8.50. The minimum absolute atomic E-state index is 0.124. The number of aromatic nitrogens is 2. The highest BCUT2D eigenvalue weighted by atomic mass is 19.4. The smallest absolute Gasteiger partial charge is 0.393 e. The highest BCUT2D eigenvalue weighted by molar-refractivity contribution is 4.88. The van der Waals surface area contributed by atoms with Gasteiger partial charge in [0, 0.05) is 25.4 Å². The lowest BCUT2D eigenvalue weighted by Gasteiger charge is -2.10. The second-order valence-electron chi connectivity index (χ2n) is 3.35. The molecule has 1 aromatic heterocycles. The average molecular weight is 238 g/mol. The number of imidazole rings is 1. The summed E-state index contributed by atoms with van der Waals surface area (Å²) in [5.41, 5.74) is 0. The summed E-state index contributed by atoms with van der Waals surface area (Å²) >= 11 is 0. The largest absolute Gasteiger partial charge is 0.411 e. The Hall–Kier alpha value is -1.08. The molecule has 0 aliphatic rings. The van der Waals surface area contributed by atoms with Crippen LogP contribution in [0.25, 0.3) is 0 Å². The van der Waals surface area contributed by atoms with E-state index in [4.69, 9.17) is 0 Å². The molecule has 16 heavy (non-hydrogen) atoms. The molecule has 0 saturated carbocycles. The summed E-state index contributed by atoms with van der Waals surface area (Å²) < 4.78 is 39.4. The average Bonchev–Trinajstić information content (AvgIpc) is 2.63. The standard InChI is InChI=1S/C9H13F3N2O2/c10-9(11,12)6-16-4-1-7(15)5-8-13-2-3-14-8/h2-3,7,15H,1,4-6H2,(H,13,14). The van der Waals surface area contributed by atoms with Gasteiger partial charge in [0.15, 0.2) is 0 Å². The lowest BCUT2D eigenvalue weighted by atomic mass is 10.2. The third kappa shape index (κ3) is 5.72. The van der Waals surface area contributed by atoms with Gasteiger partial charge in [-0.25, -0.2) is 4.98 Å². The molecule has 0 saturated heterocycles. The van der Waals surface area contributed by atoms with Crippen molar-refractivity contribution in [3.05, 3.63) is 18.2 Å². The minimum atomic E-state index is -4.31. The Morgan fingerprint density at radius 2 is 2.25 bits per heavy atom. The van der Waals surface area contributed by atoms with Crippen LogP contribution >= 0.6 is 0 Å². The van der Waals surface area contributed by atoms with Gasteiger partial charge in [-0.15, -0.1) is 0 Å². The van der Waals surface area contributed by atoms with Crippen LogP contribution in [0.4, 0.5) is 13.2 Å².